The van der Waals surface area contributed by atoms with Crippen LogP contribution in [0.25, 0.3) is 0 Å². The second-order valence-corrected chi connectivity index (χ2v) is 5.62. The standard InChI is InChI=1S/C14H14ClNO4/c15-7-2-1-3-8(6-7)16-13(17)11-9-4-5-10(20-9)12(11)14(18)19/h1-3,6,9-12H,4-5H2,(H,16,17)(H,18,19)/t9-,10-,11+,12+/m1/s1. The van der Waals surface area contributed by atoms with Crippen LogP contribution in [0.5, 0.6) is 0 Å². The number of hydrogen-bond acceptors (Lipinski definition) is 3. The number of carboxylic acid groups (broad SMARTS) is 1. The van der Waals surface area contributed by atoms with E-state index in [-0.39, 0.29) is 18.1 Å². The molecule has 2 aliphatic heterocycles. The highest BCUT2D eigenvalue weighted by atomic mass is 35.5. The molecule has 6 heteroatoms. The molecule has 1 aromatic carbocycles. The Hall–Kier alpha value is -1.59. The lowest BCUT2D eigenvalue weighted by Crippen LogP contribution is -2.40. The van der Waals surface area contributed by atoms with Crippen molar-refractivity contribution in [1.29, 1.82) is 0 Å². The summed E-state index contributed by atoms with van der Waals surface area (Å²) in [5, 5.41) is 12.5. The molecule has 3 rings (SSSR count). The summed E-state index contributed by atoms with van der Waals surface area (Å²) in [6, 6.07) is 6.78. The van der Waals surface area contributed by atoms with Crippen molar-refractivity contribution < 1.29 is 19.4 Å². The normalized spacial score (nSPS) is 31.2. The third-order valence-electron chi connectivity index (χ3n) is 3.95. The predicted molar refractivity (Wildman–Crippen MR) is 72.6 cm³/mol. The molecule has 106 valence electrons. The van der Waals surface area contributed by atoms with E-state index in [0.717, 1.165) is 6.42 Å². The number of hydrogen-bond donors (Lipinski definition) is 2. The molecule has 1 amide bonds. The molecule has 0 saturated carbocycles. The fraction of sp³-hybridized carbons (Fsp3) is 0.429. The van der Waals surface area contributed by atoms with Gasteiger partial charge in [-0.1, -0.05) is 17.7 Å². The number of halogens is 1. The Balaban J connectivity index is 1.78. The van der Waals surface area contributed by atoms with E-state index in [1.165, 1.54) is 0 Å². The van der Waals surface area contributed by atoms with Crippen LogP contribution in [-0.4, -0.2) is 29.2 Å². The summed E-state index contributed by atoms with van der Waals surface area (Å²) in [6.45, 7) is 0. The zero-order valence-corrected chi connectivity index (χ0v) is 11.3. The largest absolute Gasteiger partial charge is 0.481 e. The van der Waals surface area contributed by atoms with E-state index in [9.17, 15) is 14.7 Å². The maximum atomic E-state index is 12.3. The first-order chi connectivity index (χ1) is 9.56. The van der Waals surface area contributed by atoms with Gasteiger partial charge in [-0.25, -0.2) is 0 Å². The van der Waals surface area contributed by atoms with Crippen molar-refractivity contribution in [3.05, 3.63) is 29.3 Å². The number of aliphatic carboxylic acids is 1. The average Bonchev–Trinajstić information content (AvgIpc) is 2.98. The minimum absolute atomic E-state index is 0.291. The molecular weight excluding hydrogens is 282 g/mol. The first kappa shape index (κ1) is 13.4. The quantitative estimate of drug-likeness (QED) is 0.896. The Labute approximate surface area is 120 Å². The average molecular weight is 296 g/mol. The molecule has 0 radical (unpaired) electrons. The fourth-order valence-electron chi connectivity index (χ4n) is 3.12. The number of amides is 1. The van der Waals surface area contributed by atoms with Crippen molar-refractivity contribution in [2.45, 2.75) is 25.0 Å². The van der Waals surface area contributed by atoms with Gasteiger partial charge in [0.15, 0.2) is 0 Å². The molecule has 2 saturated heterocycles. The van der Waals surface area contributed by atoms with Crippen molar-refractivity contribution in [2.24, 2.45) is 11.8 Å². The SMILES string of the molecule is O=C(O)[C@@H]1[C@@H](C(=O)Nc2cccc(Cl)c2)[C@H]2CC[C@H]1O2. The van der Waals surface area contributed by atoms with Crippen LogP contribution >= 0.6 is 11.6 Å². The van der Waals surface area contributed by atoms with Crippen LogP contribution in [-0.2, 0) is 14.3 Å². The maximum Gasteiger partial charge on any atom is 0.310 e. The predicted octanol–water partition coefficient (Wildman–Crippen LogP) is 2.16. The van der Waals surface area contributed by atoms with E-state index in [1.54, 1.807) is 24.3 Å². The zero-order chi connectivity index (χ0) is 14.3. The van der Waals surface area contributed by atoms with Crippen LogP contribution in [0, 0.1) is 11.8 Å². The van der Waals surface area contributed by atoms with E-state index in [0.29, 0.717) is 17.1 Å². The van der Waals surface area contributed by atoms with Gasteiger partial charge in [-0.05, 0) is 31.0 Å². The van der Waals surface area contributed by atoms with Crippen molar-refractivity contribution in [1.82, 2.24) is 0 Å². The topological polar surface area (TPSA) is 75.6 Å². The van der Waals surface area contributed by atoms with Crippen molar-refractivity contribution in [3.8, 4) is 0 Å². The first-order valence-corrected chi connectivity index (χ1v) is 6.89. The summed E-state index contributed by atoms with van der Waals surface area (Å²) >= 11 is 5.86. The summed E-state index contributed by atoms with van der Waals surface area (Å²) in [7, 11) is 0. The molecule has 2 heterocycles. The minimum atomic E-state index is -0.969. The van der Waals surface area contributed by atoms with Crippen molar-refractivity contribution >= 4 is 29.2 Å². The van der Waals surface area contributed by atoms with E-state index in [2.05, 4.69) is 5.32 Å². The summed E-state index contributed by atoms with van der Waals surface area (Å²) < 4.78 is 5.57. The lowest BCUT2D eigenvalue weighted by molar-refractivity contribution is -0.147. The molecule has 2 fully saturated rings. The zero-order valence-electron chi connectivity index (χ0n) is 10.6. The molecule has 1 aromatic rings. The van der Waals surface area contributed by atoms with Gasteiger partial charge in [-0.2, -0.15) is 0 Å². The Morgan fingerprint density at radius 3 is 2.60 bits per heavy atom. The highest BCUT2D eigenvalue weighted by Crippen LogP contribution is 2.44. The summed E-state index contributed by atoms with van der Waals surface area (Å²) in [5.74, 6) is -2.67. The smallest absolute Gasteiger partial charge is 0.310 e. The van der Waals surface area contributed by atoms with Crippen LogP contribution in [0.15, 0.2) is 24.3 Å². The highest BCUT2D eigenvalue weighted by Gasteiger charge is 2.55. The van der Waals surface area contributed by atoms with Gasteiger partial charge in [0.25, 0.3) is 0 Å². The van der Waals surface area contributed by atoms with Gasteiger partial charge < -0.3 is 15.2 Å². The van der Waals surface area contributed by atoms with Crippen LogP contribution in [0.2, 0.25) is 5.02 Å². The van der Waals surface area contributed by atoms with E-state index in [1.807, 2.05) is 0 Å². The van der Waals surface area contributed by atoms with Gasteiger partial charge in [-0.3, -0.25) is 9.59 Å². The van der Waals surface area contributed by atoms with Crippen LogP contribution < -0.4 is 5.32 Å². The monoisotopic (exact) mass is 295 g/mol. The van der Waals surface area contributed by atoms with Crippen LogP contribution in [0.3, 0.4) is 0 Å². The second kappa shape index (κ2) is 5.07. The van der Waals surface area contributed by atoms with Gasteiger partial charge in [0.1, 0.15) is 0 Å². The van der Waals surface area contributed by atoms with Crippen LogP contribution in [0.1, 0.15) is 12.8 Å². The molecule has 0 spiro atoms. The molecule has 2 N–H and O–H groups in total. The summed E-state index contributed by atoms with van der Waals surface area (Å²) in [6.07, 6.45) is 0.817. The maximum absolute atomic E-state index is 12.3. The number of carbonyl (C=O) groups is 2. The number of fused-ring (bicyclic) bond motifs is 2. The Morgan fingerprint density at radius 1 is 1.25 bits per heavy atom. The molecule has 0 unspecified atom stereocenters. The van der Waals surface area contributed by atoms with E-state index < -0.39 is 17.8 Å². The molecule has 2 bridgehead atoms. The van der Waals surface area contributed by atoms with Crippen LogP contribution in [0.4, 0.5) is 5.69 Å². The number of carbonyl (C=O) groups excluding carboxylic acids is 1. The lowest BCUT2D eigenvalue weighted by atomic mass is 9.78. The van der Waals surface area contributed by atoms with Gasteiger partial charge >= 0.3 is 5.97 Å². The van der Waals surface area contributed by atoms with Crippen molar-refractivity contribution in [2.75, 3.05) is 5.32 Å². The molecular formula is C14H14ClNO4. The summed E-state index contributed by atoms with van der Waals surface area (Å²) in [5.41, 5.74) is 0.564. The number of benzene rings is 1. The number of rotatable bonds is 3. The number of ether oxygens (including phenoxy) is 1. The van der Waals surface area contributed by atoms with E-state index >= 15 is 0 Å². The van der Waals surface area contributed by atoms with Gasteiger partial charge in [0.05, 0.1) is 24.0 Å². The van der Waals surface area contributed by atoms with Crippen molar-refractivity contribution in [3.63, 3.8) is 0 Å². The Bertz CT molecular complexity index is 562. The number of carboxylic acids is 1. The molecule has 0 aliphatic carbocycles. The number of anilines is 1. The van der Waals surface area contributed by atoms with E-state index in [4.69, 9.17) is 16.3 Å². The van der Waals surface area contributed by atoms with Gasteiger partial charge in [-0.15, -0.1) is 0 Å². The molecule has 0 aromatic heterocycles. The molecule has 5 nitrogen and oxygen atoms in total. The molecule has 4 atom stereocenters. The second-order valence-electron chi connectivity index (χ2n) is 5.18. The minimum Gasteiger partial charge on any atom is -0.481 e. The lowest BCUT2D eigenvalue weighted by Gasteiger charge is -2.23. The molecule has 20 heavy (non-hydrogen) atoms. The van der Waals surface area contributed by atoms with Gasteiger partial charge in [0.2, 0.25) is 5.91 Å². The molecule has 2 aliphatic rings. The fourth-order valence-corrected chi connectivity index (χ4v) is 3.31. The third-order valence-corrected chi connectivity index (χ3v) is 4.19. The third kappa shape index (κ3) is 2.27. The summed E-state index contributed by atoms with van der Waals surface area (Å²) in [4.78, 5) is 23.7. The Morgan fingerprint density at radius 2 is 1.95 bits per heavy atom. The Kier molecular flexibility index (Phi) is 3.40. The number of nitrogens with one attached hydrogen (secondary N) is 1. The first-order valence-electron chi connectivity index (χ1n) is 6.51. The highest BCUT2D eigenvalue weighted by molar-refractivity contribution is 6.30. The van der Waals surface area contributed by atoms with Gasteiger partial charge in [0, 0.05) is 10.7 Å².